The van der Waals surface area contributed by atoms with Crippen LogP contribution in [-0.4, -0.2) is 66.2 Å². The highest BCUT2D eigenvalue weighted by Crippen LogP contribution is 2.33. The molecular formula is C16H24N6O3. The molecule has 1 aromatic rings. The number of hydrogen-bond acceptors (Lipinski definition) is 8. The highest BCUT2D eigenvalue weighted by atomic mass is 16.5. The van der Waals surface area contributed by atoms with Crippen molar-refractivity contribution in [2.45, 2.75) is 32.4 Å². The van der Waals surface area contributed by atoms with Crippen molar-refractivity contribution in [2.75, 3.05) is 49.7 Å². The van der Waals surface area contributed by atoms with Crippen LogP contribution in [0, 0.1) is 0 Å². The molecule has 0 radical (unpaired) electrons. The fourth-order valence-corrected chi connectivity index (χ4v) is 3.54. The molecule has 1 aromatic heterocycles. The Bertz CT molecular complexity index is 679. The van der Waals surface area contributed by atoms with Gasteiger partial charge < -0.3 is 19.7 Å². The zero-order chi connectivity index (χ0) is 17.2. The van der Waals surface area contributed by atoms with Gasteiger partial charge in [0.2, 0.25) is 11.9 Å². The third kappa shape index (κ3) is 3.34. The van der Waals surface area contributed by atoms with Gasteiger partial charge in [0.25, 0.3) is 0 Å². The highest BCUT2D eigenvalue weighted by molar-refractivity contribution is 5.71. The molecule has 3 aliphatic rings. The lowest BCUT2D eigenvalue weighted by molar-refractivity contribution is -0.142. The van der Waals surface area contributed by atoms with Gasteiger partial charge in [0, 0.05) is 24.8 Å². The largest absolute Gasteiger partial charge is 0.465 e. The van der Waals surface area contributed by atoms with E-state index in [0.717, 1.165) is 50.1 Å². The predicted molar refractivity (Wildman–Crippen MR) is 91.4 cm³/mol. The van der Waals surface area contributed by atoms with Crippen LogP contribution >= 0.6 is 0 Å². The number of morpholine rings is 1. The van der Waals surface area contributed by atoms with Crippen LogP contribution in [0.15, 0.2) is 11.3 Å². The molecule has 0 aromatic carbocycles. The molecule has 0 spiro atoms. The topological polar surface area (TPSA) is 93.5 Å². The number of nitrogens with zero attached hydrogens (tertiary/aromatic N) is 4. The molecule has 4 rings (SSSR count). The number of fused-ring (bicyclic) bond motifs is 1. The van der Waals surface area contributed by atoms with E-state index in [4.69, 9.17) is 9.47 Å². The molecule has 3 heterocycles. The average molecular weight is 348 g/mol. The molecule has 1 unspecified atom stereocenters. The second kappa shape index (κ2) is 7.01. The number of esters is 1. The second-order valence-electron chi connectivity index (χ2n) is 6.41. The van der Waals surface area contributed by atoms with Crippen molar-refractivity contribution in [1.29, 1.82) is 0 Å². The van der Waals surface area contributed by atoms with Crippen LogP contribution in [0.25, 0.3) is 0 Å². The summed E-state index contributed by atoms with van der Waals surface area (Å²) in [6.45, 7) is 6.27. The molecule has 2 N–H and O–H groups in total. The van der Waals surface area contributed by atoms with Gasteiger partial charge in [-0.1, -0.05) is 0 Å². The summed E-state index contributed by atoms with van der Waals surface area (Å²) < 4.78 is 12.3. The molecular weight excluding hydrogens is 324 g/mol. The monoisotopic (exact) mass is 348 g/mol. The molecule has 1 aliphatic carbocycles. The quantitative estimate of drug-likeness (QED) is 0.724. The van der Waals surface area contributed by atoms with Crippen molar-refractivity contribution in [1.82, 2.24) is 20.1 Å². The smallest absolute Gasteiger partial charge is 0.319 e. The van der Waals surface area contributed by atoms with E-state index in [1.165, 1.54) is 5.57 Å². The third-order valence-electron chi connectivity index (χ3n) is 4.80. The minimum absolute atomic E-state index is 0.136. The Morgan fingerprint density at radius 1 is 1.44 bits per heavy atom. The Balaban J connectivity index is 1.42. The zero-order valence-electron chi connectivity index (χ0n) is 14.5. The average Bonchev–Trinajstić information content (AvgIpc) is 3.22. The molecule has 1 atom stereocenters. The number of carbonyl (C=O) groups excluding carboxylic acids is 1. The van der Waals surface area contributed by atoms with Gasteiger partial charge in [-0.25, -0.2) is 4.68 Å². The van der Waals surface area contributed by atoms with Crippen molar-refractivity contribution < 1.29 is 14.3 Å². The van der Waals surface area contributed by atoms with Crippen LogP contribution in [0.4, 0.5) is 11.9 Å². The number of hydrogen-bond donors (Lipinski definition) is 2. The van der Waals surface area contributed by atoms with Crippen LogP contribution in [0.2, 0.25) is 0 Å². The van der Waals surface area contributed by atoms with Crippen LogP contribution in [0.1, 0.15) is 19.8 Å². The minimum Gasteiger partial charge on any atom is -0.465 e. The van der Waals surface area contributed by atoms with E-state index < -0.39 is 0 Å². The van der Waals surface area contributed by atoms with Crippen molar-refractivity contribution in [3.63, 3.8) is 0 Å². The first kappa shape index (κ1) is 16.3. The van der Waals surface area contributed by atoms with Crippen molar-refractivity contribution in [3.8, 4) is 0 Å². The second-order valence-corrected chi connectivity index (χ2v) is 6.41. The van der Waals surface area contributed by atoms with E-state index in [1.54, 1.807) is 0 Å². The van der Waals surface area contributed by atoms with Gasteiger partial charge in [-0.2, -0.15) is 4.98 Å². The summed E-state index contributed by atoms with van der Waals surface area (Å²) in [6, 6.07) is 0.136. The summed E-state index contributed by atoms with van der Waals surface area (Å²) in [5, 5.41) is 11.4. The van der Waals surface area contributed by atoms with Crippen LogP contribution < -0.4 is 15.5 Å². The molecule has 25 heavy (non-hydrogen) atoms. The molecule has 1 fully saturated rings. The summed E-state index contributed by atoms with van der Waals surface area (Å²) in [4.78, 5) is 18.4. The van der Waals surface area contributed by atoms with Crippen LogP contribution in [-0.2, 0) is 20.8 Å². The molecule has 0 amide bonds. The Hall–Kier alpha value is -2.13. The Morgan fingerprint density at radius 3 is 3.08 bits per heavy atom. The van der Waals surface area contributed by atoms with E-state index in [0.29, 0.717) is 19.8 Å². The first-order valence-corrected chi connectivity index (χ1v) is 8.90. The van der Waals surface area contributed by atoms with E-state index in [-0.39, 0.29) is 18.6 Å². The van der Waals surface area contributed by atoms with Gasteiger partial charge in [0.05, 0.1) is 32.9 Å². The highest BCUT2D eigenvalue weighted by Gasteiger charge is 2.32. The molecule has 0 bridgehead atoms. The lowest BCUT2D eigenvalue weighted by Gasteiger charge is -2.25. The standard InChI is InChI=1S/C16H24N6O3/c1-2-25-13(23)9-17-12-4-3-11-10-22-15(18-14(11)12)19-16(20-22)21-5-7-24-8-6-21/h12,17H,2-10H2,1H3,(H,18,19,20). The summed E-state index contributed by atoms with van der Waals surface area (Å²) in [6.07, 6.45) is 1.97. The van der Waals surface area contributed by atoms with E-state index >= 15 is 0 Å². The molecule has 2 aliphatic heterocycles. The number of carbonyl (C=O) groups is 1. The summed E-state index contributed by atoms with van der Waals surface area (Å²) in [5.41, 5.74) is 2.46. The van der Waals surface area contributed by atoms with Crippen LogP contribution in [0.5, 0.6) is 0 Å². The number of ether oxygens (including phenoxy) is 2. The minimum atomic E-state index is -0.217. The van der Waals surface area contributed by atoms with E-state index in [9.17, 15) is 4.79 Å². The summed E-state index contributed by atoms with van der Waals surface area (Å²) >= 11 is 0. The van der Waals surface area contributed by atoms with Crippen molar-refractivity contribution >= 4 is 17.9 Å². The van der Waals surface area contributed by atoms with Gasteiger partial charge in [-0.15, -0.1) is 5.10 Å². The first-order valence-electron chi connectivity index (χ1n) is 8.90. The van der Waals surface area contributed by atoms with Gasteiger partial charge in [-0.3, -0.25) is 10.1 Å². The fourth-order valence-electron chi connectivity index (χ4n) is 3.54. The van der Waals surface area contributed by atoms with Gasteiger partial charge in [0.15, 0.2) is 0 Å². The normalized spacial score (nSPS) is 22.4. The van der Waals surface area contributed by atoms with Gasteiger partial charge in [-0.05, 0) is 25.3 Å². The summed E-state index contributed by atoms with van der Waals surface area (Å²) in [7, 11) is 0. The Labute approximate surface area is 146 Å². The van der Waals surface area contributed by atoms with Crippen molar-refractivity contribution in [2.24, 2.45) is 0 Å². The SMILES string of the molecule is CCOC(=O)CNC1CCC2=C1Nc1nc(N3CCOCC3)nn1C2. The number of aromatic nitrogens is 3. The number of nitrogens with one attached hydrogen (secondary N) is 2. The maximum Gasteiger partial charge on any atom is 0.319 e. The Morgan fingerprint density at radius 2 is 2.28 bits per heavy atom. The molecule has 1 saturated heterocycles. The predicted octanol–water partition coefficient (Wildman–Crippen LogP) is 0.109. The first-order chi connectivity index (χ1) is 12.2. The lowest BCUT2D eigenvalue weighted by Crippen LogP contribution is -2.37. The third-order valence-corrected chi connectivity index (χ3v) is 4.80. The number of allylic oxidation sites excluding steroid dienone is 1. The van der Waals surface area contributed by atoms with Gasteiger partial charge in [0.1, 0.15) is 0 Å². The van der Waals surface area contributed by atoms with E-state index in [1.807, 2.05) is 11.6 Å². The number of anilines is 2. The molecule has 9 heteroatoms. The fraction of sp³-hybridized carbons (Fsp3) is 0.688. The van der Waals surface area contributed by atoms with Gasteiger partial charge >= 0.3 is 5.97 Å². The van der Waals surface area contributed by atoms with Crippen LogP contribution in [0.3, 0.4) is 0 Å². The molecule has 136 valence electrons. The summed E-state index contributed by atoms with van der Waals surface area (Å²) in [5.74, 6) is 1.30. The number of rotatable bonds is 5. The maximum absolute atomic E-state index is 11.6. The Kier molecular flexibility index (Phi) is 4.58. The maximum atomic E-state index is 11.6. The molecule has 0 saturated carbocycles. The van der Waals surface area contributed by atoms with E-state index in [2.05, 4.69) is 25.6 Å². The molecule has 9 nitrogen and oxygen atoms in total. The lowest BCUT2D eigenvalue weighted by atomic mass is 10.2. The van der Waals surface area contributed by atoms with Crippen molar-refractivity contribution in [3.05, 3.63) is 11.3 Å². The zero-order valence-corrected chi connectivity index (χ0v) is 14.5.